The Kier molecular flexibility index (Phi) is 4.21. The van der Waals surface area contributed by atoms with Crippen molar-refractivity contribution in [2.45, 2.75) is 12.5 Å². The van der Waals surface area contributed by atoms with Crippen molar-refractivity contribution >= 4 is 23.2 Å². The van der Waals surface area contributed by atoms with Gasteiger partial charge in [-0.1, -0.05) is 42.5 Å². The van der Waals surface area contributed by atoms with Crippen molar-refractivity contribution in [1.82, 2.24) is 0 Å². The van der Waals surface area contributed by atoms with E-state index in [1.54, 1.807) is 12.1 Å². The number of alkyl halides is 2. The van der Waals surface area contributed by atoms with Crippen LogP contribution in [0.3, 0.4) is 0 Å². The Bertz CT molecular complexity index is 468. The van der Waals surface area contributed by atoms with Gasteiger partial charge in [0.25, 0.3) is 6.43 Å². The number of nitrogens with two attached hydrogens (primary N) is 1. The van der Waals surface area contributed by atoms with Crippen molar-refractivity contribution in [3.05, 3.63) is 48.0 Å². The number of halogens is 3. The summed E-state index contributed by atoms with van der Waals surface area (Å²) in [5.41, 5.74) is 5.96. The molecule has 0 aliphatic carbocycles. The molecule has 1 nitrogen and oxygen atoms in total. The smallest absolute Gasteiger partial charge is 0.257 e. The lowest BCUT2D eigenvalue weighted by atomic mass is 9.99. The minimum Gasteiger partial charge on any atom is -0.319 e. The maximum atomic E-state index is 12.5. The van der Waals surface area contributed by atoms with Crippen LogP contribution in [0.4, 0.5) is 8.78 Å². The molecule has 0 aliphatic rings. The van der Waals surface area contributed by atoms with Crippen LogP contribution >= 0.6 is 12.4 Å². The Balaban J connectivity index is 0.00000128. The van der Waals surface area contributed by atoms with Gasteiger partial charge in [0.1, 0.15) is 0 Å². The van der Waals surface area contributed by atoms with Crippen LogP contribution in [0.1, 0.15) is 11.6 Å². The second-order valence-electron chi connectivity index (χ2n) is 3.43. The van der Waals surface area contributed by atoms with Crippen molar-refractivity contribution in [3.63, 3.8) is 0 Å². The van der Waals surface area contributed by atoms with Crippen LogP contribution in [0.2, 0.25) is 0 Å². The first-order valence-corrected chi connectivity index (χ1v) is 4.71. The Morgan fingerprint density at radius 1 is 0.938 bits per heavy atom. The number of benzene rings is 2. The second-order valence-corrected chi connectivity index (χ2v) is 3.43. The molecule has 0 bridgehead atoms. The average Bonchev–Trinajstić information content (AvgIpc) is 2.27. The third kappa shape index (κ3) is 2.31. The number of hydrogen-bond donors (Lipinski definition) is 1. The number of hydrogen-bond acceptors (Lipinski definition) is 1. The van der Waals surface area contributed by atoms with Crippen LogP contribution < -0.4 is 5.73 Å². The highest BCUT2D eigenvalue weighted by molar-refractivity contribution is 5.86. The molecule has 2 rings (SSSR count). The van der Waals surface area contributed by atoms with Gasteiger partial charge < -0.3 is 5.73 Å². The van der Waals surface area contributed by atoms with Gasteiger partial charge in [-0.15, -0.1) is 12.4 Å². The molecule has 0 spiro atoms. The lowest BCUT2D eigenvalue weighted by Gasteiger charge is -2.13. The largest absolute Gasteiger partial charge is 0.319 e. The Hall–Kier alpha value is -1.19. The first-order chi connectivity index (χ1) is 7.20. The number of rotatable bonds is 2. The van der Waals surface area contributed by atoms with Crippen molar-refractivity contribution in [3.8, 4) is 0 Å². The molecule has 0 radical (unpaired) electrons. The molecule has 0 amide bonds. The Labute approximate surface area is 98.7 Å². The summed E-state index contributed by atoms with van der Waals surface area (Å²) in [6.07, 6.45) is -2.53. The molecule has 1 atom stereocenters. The maximum Gasteiger partial charge on any atom is 0.257 e. The summed E-state index contributed by atoms with van der Waals surface area (Å²) in [5, 5.41) is 1.74. The van der Waals surface area contributed by atoms with Crippen LogP contribution in [0.25, 0.3) is 10.8 Å². The molecule has 0 heterocycles. The van der Waals surface area contributed by atoms with Crippen LogP contribution in [-0.2, 0) is 0 Å². The van der Waals surface area contributed by atoms with E-state index in [2.05, 4.69) is 0 Å². The van der Waals surface area contributed by atoms with Gasteiger partial charge >= 0.3 is 0 Å². The minimum atomic E-state index is -2.53. The van der Waals surface area contributed by atoms with Crippen molar-refractivity contribution < 1.29 is 8.78 Å². The van der Waals surface area contributed by atoms with Crippen LogP contribution in [-0.4, -0.2) is 6.43 Å². The van der Waals surface area contributed by atoms with E-state index in [1.807, 2.05) is 30.3 Å². The van der Waals surface area contributed by atoms with Crippen LogP contribution in [0, 0.1) is 0 Å². The van der Waals surface area contributed by atoms with Gasteiger partial charge in [-0.3, -0.25) is 0 Å². The van der Waals surface area contributed by atoms with Crippen LogP contribution in [0.5, 0.6) is 0 Å². The quantitative estimate of drug-likeness (QED) is 0.858. The summed E-state index contributed by atoms with van der Waals surface area (Å²) in [4.78, 5) is 0. The van der Waals surface area contributed by atoms with Crippen molar-refractivity contribution in [2.24, 2.45) is 5.73 Å². The molecule has 0 unspecified atom stereocenters. The summed E-state index contributed by atoms with van der Waals surface area (Å²) < 4.78 is 25.0. The molecular weight excluding hydrogens is 232 g/mol. The van der Waals surface area contributed by atoms with Gasteiger partial charge in [-0.05, 0) is 16.3 Å². The Morgan fingerprint density at radius 2 is 1.56 bits per heavy atom. The van der Waals surface area contributed by atoms with E-state index in [1.165, 1.54) is 0 Å². The van der Waals surface area contributed by atoms with Gasteiger partial charge in [-0.2, -0.15) is 0 Å². The van der Waals surface area contributed by atoms with Crippen molar-refractivity contribution in [1.29, 1.82) is 0 Å². The fraction of sp³-hybridized carbons (Fsp3) is 0.167. The molecule has 4 heteroatoms. The van der Waals surface area contributed by atoms with Crippen molar-refractivity contribution in [2.75, 3.05) is 0 Å². The molecule has 0 aliphatic heterocycles. The normalized spacial score (nSPS) is 12.5. The van der Waals surface area contributed by atoms with Gasteiger partial charge in [0.05, 0.1) is 6.04 Å². The molecule has 86 valence electrons. The molecular formula is C12H12ClF2N. The van der Waals surface area contributed by atoms with E-state index in [9.17, 15) is 8.78 Å². The maximum absolute atomic E-state index is 12.5. The van der Waals surface area contributed by atoms with Gasteiger partial charge in [-0.25, -0.2) is 8.78 Å². The summed E-state index contributed by atoms with van der Waals surface area (Å²) >= 11 is 0. The molecule has 2 N–H and O–H groups in total. The van der Waals surface area contributed by atoms with E-state index in [0.717, 1.165) is 10.8 Å². The highest BCUT2D eigenvalue weighted by atomic mass is 35.5. The lowest BCUT2D eigenvalue weighted by Crippen LogP contribution is -2.19. The zero-order chi connectivity index (χ0) is 10.8. The predicted octanol–water partition coefficient (Wildman–Crippen LogP) is 3.53. The third-order valence-corrected chi connectivity index (χ3v) is 2.45. The third-order valence-electron chi connectivity index (χ3n) is 2.45. The van der Waals surface area contributed by atoms with E-state index in [4.69, 9.17) is 5.73 Å². The second kappa shape index (κ2) is 5.23. The zero-order valence-corrected chi connectivity index (χ0v) is 9.25. The van der Waals surface area contributed by atoms with E-state index < -0.39 is 12.5 Å². The standard InChI is InChI=1S/C12H11F2N.ClH/c13-12(14)11(15)10-7-3-5-8-4-1-2-6-9(8)10;/h1-7,11-12H,15H2;1H/t11-;/m0./s1. The van der Waals surface area contributed by atoms with E-state index in [0.29, 0.717) is 5.56 Å². The molecule has 16 heavy (non-hydrogen) atoms. The van der Waals surface area contributed by atoms with Gasteiger partial charge in [0, 0.05) is 0 Å². The van der Waals surface area contributed by atoms with E-state index in [-0.39, 0.29) is 12.4 Å². The highest BCUT2D eigenvalue weighted by Gasteiger charge is 2.18. The number of fused-ring (bicyclic) bond motifs is 1. The molecule has 0 saturated heterocycles. The molecule has 2 aromatic rings. The van der Waals surface area contributed by atoms with E-state index >= 15 is 0 Å². The first kappa shape index (κ1) is 12.9. The predicted molar refractivity (Wildman–Crippen MR) is 64.1 cm³/mol. The monoisotopic (exact) mass is 243 g/mol. The summed E-state index contributed by atoms with van der Waals surface area (Å²) in [6.45, 7) is 0. The van der Waals surface area contributed by atoms with Gasteiger partial charge in [0.15, 0.2) is 0 Å². The molecule has 0 aromatic heterocycles. The highest BCUT2D eigenvalue weighted by Crippen LogP contribution is 2.26. The first-order valence-electron chi connectivity index (χ1n) is 4.71. The fourth-order valence-electron chi connectivity index (χ4n) is 1.68. The topological polar surface area (TPSA) is 26.0 Å². The molecule has 0 saturated carbocycles. The lowest BCUT2D eigenvalue weighted by molar-refractivity contribution is 0.117. The zero-order valence-electron chi connectivity index (χ0n) is 8.44. The summed E-state index contributed by atoms with van der Waals surface area (Å²) in [7, 11) is 0. The van der Waals surface area contributed by atoms with Gasteiger partial charge in [0.2, 0.25) is 0 Å². The average molecular weight is 244 g/mol. The van der Waals surface area contributed by atoms with Crippen LogP contribution in [0.15, 0.2) is 42.5 Å². The Morgan fingerprint density at radius 3 is 2.25 bits per heavy atom. The summed E-state index contributed by atoms with van der Waals surface area (Å²) in [6, 6.07) is 11.5. The SMILES string of the molecule is Cl.N[C@@H](c1cccc2ccccc12)C(F)F. The minimum absolute atomic E-state index is 0. The fourth-order valence-corrected chi connectivity index (χ4v) is 1.68. The summed E-state index contributed by atoms with van der Waals surface area (Å²) in [5.74, 6) is 0. The molecule has 0 fully saturated rings. The molecule has 2 aromatic carbocycles.